The highest BCUT2D eigenvalue weighted by atomic mass is 16.4. The van der Waals surface area contributed by atoms with Gasteiger partial charge in [-0.1, -0.05) is 36.4 Å². The minimum atomic E-state index is -1.50. The molecule has 5 nitrogen and oxygen atoms in total. The van der Waals surface area contributed by atoms with Crippen LogP contribution in [0.15, 0.2) is 54.7 Å². The molecule has 3 heterocycles. The topological polar surface area (TPSA) is 76.6 Å². The highest BCUT2D eigenvalue weighted by Crippen LogP contribution is 2.55. The molecule has 3 N–H and O–H groups in total. The number of carbonyl (C=O) groups is 1. The van der Waals surface area contributed by atoms with Crippen molar-refractivity contribution in [1.29, 1.82) is 0 Å². The first-order chi connectivity index (χ1) is 12.1. The zero-order valence-corrected chi connectivity index (χ0v) is 13.3. The lowest BCUT2D eigenvalue weighted by atomic mass is 9.83. The Morgan fingerprint density at radius 3 is 2.76 bits per heavy atom. The van der Waals surface area contributed by atoms with E-state index in [4.69, 9.17) is 0 Å². The summed E-state index contributed by atoms with van der Waals surface area (Å²) < 4.78 is 0. The molecule has 124 valence electrons. The number of anilines is 1. The van der Waals surface area contributed by atoms with Crippen LogP contribution in [0.4, 0.5) is 5.69 Å². The van der Waals surface area contributed by atoms with E-state index in [2.05, 4.69) is 4.98 Å². The summed E-state index contributed by atoms with van der Waals surface area (Å²) in [4.78, 5) is 16.9. The molecule has 2 aromatic carbocycles. The maximum absolute atomic E-state index is 11.5. The van der Waals surface area contributed by atoms with Crippen LogP contribution < -0.4 is 4.90 Å². The molecule has 5 rings (SSSR count). The molecule has 1 unspecified atom stereocenters. The third kappa shape index (κ3) is 1.78. The van der Waals surface area contributed by atoms with Gasteiger partial charge in [0, 0.05) is 39.6 Å². The minimum absolute atomic E-state index is 0.353. The number of nitrogens with zero attached hydrogens (tertiary/aromatic N) is 1. The molecule has 0 saturated heterocycles. The smallest absolute Gasteiger partial charge is 0.306 e. The van der Waals surface area contributed by atoms with Crippen LogP contribution in [0.2, 0.25) is 0 Å². The molecule has 0 saturated carbocycles. The monoisotopic (exact) mass is 332 g/mol. The zero-order valence-electron chi connectivity index (χ0n) is 13.3. The molecule has 0 aliphatic carbocycles. The number of para-hydroxylation sites is 2. The SMILES string of the molecule is O=C(O)C[C@@]1(O)c2ccccc2N2C=Cc3c([nH]c4ccccc34)C21. The molecule has 0 fully saturated rings. The van der Waals surface area contributed by atoms with E-state index in [1.165, 1.54) is 0 Å². The standard InChI is InChI=1S/C20H16N2O3/c23-17(24)11-20(25)14-6-2-4-8-16(14)22-10-9-13-12-5-1-3-7-15(12)21-18(13)19(20)22/h1-10,19,21,25H,11H2,(H,23,24)/t19?,20-/m1/s1. The second-order valence-corrected chi connectivity index (χ2v) is 6.64. The summed E-state index contributed by atoms with van der Waals surface area (Å²) in [5.74, 6) is -1.02. The summed E-state index contributed by atoms with van der Waals surface area (Å²) in [6.45, 7) is 0. The van der Waals surface area contributed by atoms with Gasteiger partial charge in [0.2, 0.25) is 0 Å². The van der Waals surface area contributed by atoms with Gasteiger partial charge in [0.25, 0.3) is 0 Å². The zero-order chi connectivity index (χ0) is 17.2. The first-order valence-corrected chi connectivity index (χ1v) is 8.20. The van der Waals surface area contributed by atoms with Gasteiger partial charge in [-0.15, -0.1) is 0 Å². The maximum Gasteiger partial charge on any atom is 0.306 e. The van der Waals surface area contributed by atoms with Gasteiger partial charge >= 0.3 is 5.97 Å². The third-order valence-corrected chi connectivity index (χ3v) is 5.25. The number of nitrogens with one attached hydrogen (secondary N) is 1. The number of aromatic nitrogens is 1. The van der Waals surface area contributed by atoms with Gasteiger partial charge < -0.3 is 20.1 Å². The largest absolute Gasteiger partial charge is 0.481 e. The van der Waals surface area contributed by atoms with Crippen LogP contribution in [-0.4, -0.2) is 21.2 Å². The highest BCUT2D eigenvalue weighted by molar-refractivity contribution is 5.93. The number of H-pyrrole nitrogens is 1. The van der Waals surface area contributed by atoms with E-state index in [-0.39, 0.29) is 6.42 Å². The number of benzene rings is 2. The molecule has 3 aromatic rings. The molecular weight excluding hydrogens is 316 g/mol. The highest BCUT2D eigenvalue weighted by Gasteiger charge is 2.53. The Morgan fingerprint density at radius 1 is 1.16 bits per heavy atom. The fraction of sp³-hybridized carbons (Fsp3) is 0.150. The van der Waals surface area contributed by atoms with Crippen molar-refractivity contribution in [2.24, 2.45) is 0 Å². The number of carboxylic acid groups (broad SMARTS) is 1. The second kappa shape index (κ2) is 4.74. The van der Waals surface area contributed by atoms with Gasteiger partial charge in [-0.05, 0) is 18.2 Å². The number of aliphatic hydroxyl groups is 1. The van der Waals surface area contributed by atoms with E-state index in [1.54, 1.807) is 0 Å². The normalized spacial score (nSPS) is 23.4. The average Bonchev–Trinajstić information content (AvgIpc) is 3.09. The third-order valence-electron chi connectivity index (χ3n) is 5.25. The van der Waals surface area contributed by atoms with Crippen LogP contribution in [0.1, 0.15) is 29.3 Å². The summed E-state index contributed by atoms with van der Waals surface area (Å²) >= 11 is 0. The number of aromatic amines is 1. The van der Waals surface area contributed by atoms with Crippen molar-refractivity contribution >= 4 is 28.6 Å². The van der Waals surface area contributed by atoms with Crippen LogP contribution in [0.3, 0.4) is 0 Å². The van der Waals surface area contributed by atoms with E-state index >= 15 is 0 Å². The lowest BCUT2D eigenvalue weighted by Gasteiger charge is -2.35. The lowest BCUT2D eigenvalue weighted by Crippen LogP contribution is -2.39. The molecule has 25 heavy (non-hydrogen) atoms. The van der Waals surface area contributed by atoms with Crippen molar-refractivity contribution in [2.75, 3.05) is 4.90 Å². The molecule has 1 aromatic heterocycles. The summed E-state index contributed by atoms with van der Waals surface area (Å²) in [5, 5.41) is 22.0. The Hall–Kier alpha value is -3.05. The van der Waals surface area contributed by atoms with E-state index in [0.29, 0.717) is 5.56 Å². The minimum Gasteiger partial charge on any atom is -0.481 e. The molecule has 2 aliphatic rings. The van der Waals surface area contributed by atoms with Crippen LogP contribution >= 0.6 is 0 Å². The van der Waals surface area contributed by atoms with Crippen LogP contribution in [0.25, 0.3) is 17.0 Å². The van der Waals surface area contributed by atoms with E-state index in [1.807, 2.05) is 65.7 Å². The predicted octanol–water partition coefficient (Wildman–Crippen LogP) is 3.38. The van der Waals surface area contributed by atoms with Crippen molar-refractivity contribution in [3.05, 3.63) is 71.6 Å². The van der Waals surface area contributed by atoms with Crippen LogP contribution in [0, 0.1) is 0 Å². The van der Waals surface area contributed by atoms with Crippen LogP contribution in [-0.2, 0) is 10.4 Å². The molecule has 2 atom stereocenters. The van der Waals surface area contributed by atoms with Crippen molar-refractivity contribution in [1.82, 2.24) is 4.98 Å². The fourth-order valence-corrected chi connectivity index (χ4v) is 4.28. The van der Waals surface area contributed by atoms with Crippen molar-refractivity contribution in [3.63, 3.8) is 0 Å². The predicted molar refractivity (Wildman–Crippen MR) is 95.1 cm³/mol. The average molecular weight is 332 g/mol. The summed E-state index contributed by atoms with van der Waals surface area (Å²) in [6.07, 6.45) is 3.60. The Bertz CT molecular complexity index is 1050. The summed E-state index contributed by atoms with van der Waals surface area (Å²) in [6, 6.07) is 14.9. The molecule has 0 bridgehead atoms. The van der Waals surface area contributed by atoms with Gasteiger partial charge in [0.15, 0.2) is 0 Å². The number of hydrogen-bond acceptors (Lipinski definition) is 3. The Kier molecular flexibility index (Phi) is 2.71. The number of hydrogen-bond donors (Lipinski definition) is 3. The molecule has 0 amide bonds. The Labute approximate surface area is 143 Å². The summed E-state index contributed by atoms with van der Waals surface area (Å²) in [7, 11) is 0. The number of fused-ring (bicyclic) bond motifs is 7. The van der Waals surface area contributed by atoms with Crippen molar-refractivity contribution in [3.8, 4) is 0 Å². The number of rotatable bonds is 2. The van der Waals surface area contributed by atoms with Gasteiger partial charge in [-0.25, -0.2) is 0 Å². The molecular formula is C20H16N2O3. The lowest BCUT2D eigenvalue weighted by molar-refractivity contribution is -0.143. The fourth-order valence-electron chi connectivity index (χ4n) is 4.28. The molecule has 5 heteroatoms. The van der Waals surface area contributed by atoms with Gasteiger partial charge in [0.05, 0.1) is 6.42 Å². The maximum atomic E-state index is 11.5. The second-order valence-electron chi connectivity index (χ2n) is 6.64. The van der Waals surface area contributed by atoms with Crippen molar-refractivity contribution in [2.45, 2.75) is 18.1 Å². The Balaban J connectivity index is 1.80. The first kappa shape index (κ1) is 14.3. The van der Waals surface area contributed by atoms with Gasteiger partial charge in [0.1, 0.15) is 11.6 Å². The van der Waals surface area contributed by atoms with Gasteiger partial charge in [-0.2, -0.15) is 0 Å². The quantitative estimate of drug-likeness (QED) is 0.672. The number of carboxylic acids is 1. The Morgan fingerprint density at radius 2 is 1.92 bits per heavy atom. The van der Waals surface area contributed by atoms with E-state index < -0.39 is 17.6 Å². The first-order valence-electron chi connectivity index (χ1n) is 8.20. The van der Waals surface area contributed by atoms with Crippen molar-refractivity contribution < 1.29 is 15.0 Å². The molecule has 0 radical (unpaired) electrons. The van der Waals surface area contributed by atoms with Gasteiger partial charge in [-0.3, -0.25) is 4.79 Å². The summed E-state index contributed by atoms with van der Waals surface area (Å²) in [5.41, 5.74) is 2.84. The van der Waals surface area contributed by atoms with Crippen LogP contribution in [0.5, 0.6) is 0 Å². The molecule has 0 spiro atoms. The number of aliphatic carboxylic acids is 1. The van der Waals surface area contributed by atoms with E-state index in [9.17, 15) is 15.0 Å². The molecule has 2 aliphatic heterocycles. The van der Waals surface area contributed by atoms with E-state index in [0.717, 1.165) is 27.8 Å².